The number of para-hydroxylation sites is 1. The van der Waals surface area contributed by atoms with Crippen LogP contribution in [0.25, 0.3) is 0 Å². The van der Waals surface area contributed by atoms with Gasteiger partial charge < -0.3 is 9.32 Å². The zero-order chi connectivity index (χ0) is 22.5. The summed E-state index contributed by atoms with van der Waals surface area (Å²) in [6, 6.07) is 18.1. The minimum Gasteiger partial charge on any atom is -0.465 e. The molecular weight excluding hydrogens is 386 g/mol. The maximum Gasteiger partial charge on any atom is 0.224 e. The molecule has 1 aromatic heterocycles. The van der Waals surface area contributed by atoms with Gasteiger partial charge in [-0.15, -0.1) is 0 Å². The molecule has 4 rings (SSSR count). The SMILES string of the molecule is CC(=O)c1cc([C@H]2c3ccccc3N(C(C)=O)[C@H]2c2ccc(C(C)(C)C)cc2)oc1C. The van der Waals surface area contributed by atoms with Crippen LogP contribution in [0.1, 0.15) is 85.1 Å². The van der Waals surface area contributed by atoms with Gasteiger partial charge in [0.2, 0.25) is 5.91 Å². The number of carbonyl (C=O) groups excluding carboxylic acids is 2. The first-order valence-corrected chi connectivity index (χ1v) is 10.7. The number of hydrogen-bond donors (Lipinski definition) is 0. The summed E-state index contributed by atoms with van der Waals surface area (Å²) in [6.07, 6.45) is 0. The molecule has 31 heavy (non-hydrogen) atoms. The zero-order valence-electron chi connectivity index (χ0n) is 19.0. The molecule has 3 aromatic rings. The molecule has 0 spiro atoms. The number of rotatable bonds is 3. The van der Waals surface area contributed by atoms with E-state index in [1.165, 1.54) is 5.56 Å². The first kappa shape index (κ1) is 21.1. The molecule has 0 fully saturated rings. The third-order valence-corrected chi connectivity index (χ3v) is 6.21. The van der Waals surface area contributed by atoms with E-state index in [0.717, 1.165) is 16.8 Å². The van der Waals surface area contributed by atoms with Crippen molar-refractivity contribution in [1.29, 1.82) is 0 Å². The lowest BCUT2D eigenvalue weighted by molar-refractivity contribution is -0.117. The highest BCUT2D eigenvalue weighted by atomic mass is 16.3. The Bertz CT molecular complexity index is 1150. The van der Waals surface area contributed by atoms with E-state index < -0.39 is 0 Å². The van der Waals surface area contributed by atoms with Gasteiger partial charge in [0.15, 0.2) is 5.78 Å². The topological polar surface area (TPSA) is 50.5 Å². The Kier molecular flexibility index (Phi) is 5.12. The lowest BCUT2D eigenvalue weighted by Gasteiger charge is -2.28. The predicted octanol–water partition coefficient (Wildman–Crippen LogP) is 6.33. The summed E-state index contributed by atoms with van der Waals surface area (Å²) >= 11 is 0. The number of anilines is 1. The summed E-state index contributed by atoms with van der Waals surface area (Å²) in [7, 11) is 0. The maximum absolute atomic E-state index is 12.8. The second-order valence-corrected chi connectivity index (χ2v) is 9.42. The van der Waals surface area contributed by atoms with E-state index in [4.69, 9.17) is 4.42 Å². The average molecular weight is 416 g/mol. The van der Waals surface area contributed by atoms with E-state index in [1.54, 1.807) is 13.8 Å². The number of fused-ring (bicyclic) bond motifs is 1. The number of nitrogens with zero attached hydrogens (tertiary/aromatic N) is 1. The number of carbonyl (C=O) groups is 2. The minimum atomic E-state index is -0.241. The van der Waals surface area contributed by atoms with Crippen LogP contribution in [0, 0.1) is 6.92 Å². The number of hydrogen-bond acceptors (Lipinski definition) is 3. The second kappa shape index (κ2) is 7.52. The summed E-state index contributed by atoms with van der Waals surface area (Å²) < 4.78 is 6.12. The van der Waals surface area contributed by atoms with Crippen LogP contribution in [0.4, 0.5) is 5.69 Å². The summed E-state index contributed by atoms with van der Waals surface area (Å²) in [4.78, 5) is 26.7. The van der Waals surface area contributed by atoms with Crippen molar-refractivity contribution in [3.63, 3.8) is 0 Å². The van der Waals surface area contributed by atoms with Crippen LogP contribution in [0.2, 0.25) is 0 Å². The standard InChI is InChI=1S/C27H29NO3/c1-16(29)22-15-24(31-17(22)2)25-21-9-7-8-10-23(21)28(18(3)30)26(25)19-11-13-20(14-12-19)27(4,5)6/h7-15,25-26H,1-6H3/t25-,26+/m1/s1. The highest BCUT2D eigenvalue weighted by Gasteiger charge is 2.44. The van der Waals surface area contributed by atoms with Gasteiger partial charge in [0, 0.05) is 12.6 Å². The molecule has 2 aromatic carbocycles. The maximum atomic E-state index is 12.8. The normalized spacial score (nSPS) is 18.2. The number of furan rings is 1. The van der Waals surface area contributed by atoms with Crippen LogP contribution >= 0.6 is 0 Å². The van der Waals surface area contributed by atoms with Gasteiger partial charge in [0.05, 0.1) is 17.5 Å². The Morgan fingerprint density at radius 1 is 0.968 bits per heavy atom. The Morgan fingerprint density at radius 3 is 2.16 bits per heavy atom. The van der Waals surface area contributed by atoms with Gasteiger partial charge in [0.1, 0.15) is 11.5 Å². The van der Waals surface area contributed by atoms with Crippen molar-refractivity contribution in [2.24, 2.45) is 0 Å². The Morgan fingerprint density at radius 2 is 1.61 bits per heavy atom. The summed E-state index contributed by atoms with van der Waals surface area (Å²) in [5.74, 6) is 1.10. The molecule has 2 heterocycles. The number of Topliss-reactive ketones (excluding diaryl/α,β-unsaturated/α-hetero) is 1. The van der Waals surface area contributed by atoms with Crippen molar-refractivity contribution >= 4 is 17.4 Å². The predicted molar refractivity (Wildman–Crippen MR) is 123 cm³/mol. The Balaban J connectivity index is 1.90. The molecule has 0 unspecified atom stereocenters. The summed E-state index contributed by atoms with van der Waals surface area (Å²) in [6.45, 7) is 11.5. The van der Waals surface area contributed by atoms with Crippen LogP contribution in [0.15, 0.2) is 59.0 Å². The van der Waals surface area contributed by atoms with Crippen LogP contribution in [-0.2, 0) is 10.2 Å². The molecule has 160 valence electrons. The molecule has 0 saturated heterocycles. The molecule has 0 aliphatic carbocycles. The Labute approximate surface area is 183 Å². The first-order chi connectivity index (χ1) is 14.6. The zero-order valence-corrected chi connectivity index (χ0v) is 19.0. The molecule has 4 nitrogen and oxygen atoms in total. The van der Waals surface area contributed by atoms with Crippen molar-refractivity contribution < 1.29 is 14.0 Å². The van der Waals surface area contributed by atoms with Gasteiger partial charge in [-0.3, -0.25) is 9.59 Å². The van der Waals surface area contributed by atoms with E-state index in [9.17, 15) is 9.59 Å². The van der Waals surface area contributed by atoms with Crippen molar-refractivity contribution in [1.82, 2.24) is 0 Å². The van der Waals surface area contributed by atoms with Crippen molar-refractivity contribution in [3.8, 4) is 0 Å². The highest BCUT2D eigenvalue weighted by Crippen LogP contribution is 2.52. The van der Waals surface area contributed by atoms with Crippen LogP contribution < -0.4 is 4.90 Å². The van der Waals surface area contributed by atoms with E-state index in [-0.39, 0.29) is 29.1 Å². The molecule has 4 heteroatoms. The van der Waals surface area contributed by atoms with Gasteiger partial charge in [0.25, 0.3) is 0 Å². The number of ketones is 1. The summed E-state index contributed by atoms with van der Waals surface area (Å²) in [5, 5.41) is 0. The van der Waals surface area contributed by atoms with Gasteiger partial charge in [-0.05, 0) is 48.1 Å². The molecule has 0 saturated carbocycles. The fourth-order valence-electron chi connectivity index (χ4n) is 4.64. The van der Waals surface area contributed by atoms with Crippen LogP contribution in [0.3, 0.4) is 0 Å². The average Bonchev–Trinajstić information content (AvgIpc) is 3.25. The molecule has 2 atom stereocenters. The lowest BCUT2D eigenvalue weighted by Crippen LogP contribution is -2.31. The lowest BCUT2D eigenvalue weighted by atomic mass is 9.84. The largest absolute Gasteiger partial charge is 0.465 e. The van der Waals surface area contributed by atoms with Gasteiger partial charge in [-0.2, -0.15) is 0 Å². The molecule has 1 amide bonds. The quantitative estimate of drug-likeness (QED) is 0.470. The second-order valence-electron chi connectivity index (χ2n) is 9.42. The van der Waals surface area contributed by atoms with Crippen LogP contribution in [0.5, 0.6) is 0 Å². The van der Waals surface area contributed by atoms with E-state index in [2.05, 4.69) is 45.0 Å². The number of aryl methyl sites for hydroxylation is 1. The van der Waals surface area contributed by atoms with Gasteiger partial charge in [-0.1, -0.05) is 63.2 Å². The third kappa shape index (κ3) is 3.60. The fraction of sp³-hybridized carbons (Fsp3) is 0.333. The van der Waals surface area contributed by atoms with E-state index >= 15 is 0 Å². The molecule has 0 bridgehead atoms. The van der Waals surface area contributed by atoms with Gasteiger partial charge >= 0.3 is 0 Å². The highest BCUT2D eigenvalue weighted by molar-refractivity contribution is 5.97. The van der Waals surface area contributed by atoms with E-state index in [0.29, 0.717) is 17.1 Å². The minimum absolute atomic E-state index is 0.0186. The van der Waals surface area contributed by atoms with Crippen molar-refractivity contribution in [3.05, 3.63) is 88.4 Å². The summed E-state index contributed by atoms with van der Waals surface area (Å²) in [5.41, 5.74) is 4.85. The van der Waals surface area contributed by atoms with Crippen molar-refractivity contribution in [2.45, 2.75) is 58.9 Å². The molecular formula is C27H29NO3. The molecule has 1 aliphatic rings. The molecule has 0 N–H and O–H groups in total. The number of amides is 1. The molecule has 0 radical (unpaired) electrons. The van der Waals surface area contributed by atoms with Crippen LogP contribution in [-0.4, -0.2) is 11.7 Å². The fourth-order valence-corrected chi connectivity index (χ4v) is 4.64. The van der Waals surface area contributed by atoms with Gasteiger partial charge in [-0.25, -0.2) is 0 Å². The third-order valence-electron chi connectivity index (χ3n) is 6.21. The molecule has 1 aliphatic heterocycles. The number of benzene rings is 2. The van der Waals surface area contributed by atoms with E-state index in [1.807, 2.05) is 42.2 Å². The Hall–Kier alpha value is -3.14. The first-order valence-electron chi connectivity index (χ1n) is 10.7. The smallest absolute Gasteiger partial charge is 0.224 e. The van der Waals surface area contributed by atoms with Crippen molar-refractivity contribution in [2.75, 3.05) is 4.90 Å². The monoisotopic (exact) mass is 415 g/mol.